The van der Waals surface area contributed by atoms with Crippen LogP contribution in [0.25, 0.3) is 0 Å². The lowest BCUT2D eigenvalue weighted by Gasteiger charge is -2.23. The van der Waals surface area contributed by atoms with Gasteiger partial charge in [0.05, 0.1) is 0 Å². The van der Waals surface area contributed by atoms with Crippen LogP contribution in [0.4, 0.5) is 0 Å². The number of nitrogens with one attached hydrogen (secondary N) is 1. The van der Waals surface area contributed by atoms with Crippen molar-refractivity contribution in [2.24, 2.45) is 0 Å². The van der Waals surface area contributed by atoms with Crippen molar-refractivity contribution in [2.75, 3.05) is 6.54 Å². The molecule has 1 aromatic heterocycles. The van der Waals surface area contributed by atoms with Crippen molar-refractivity contribution in [3.63, 3.8) is 0 Å². The minimum atomic E-state index is -4.59. The van der Waals surface area contributed by atoms with E-state index in [1.807, 2.05) is 43.3 Å². The molecule has 2 atom stereocenters. The van der Waals surface area contributed by atoms with Crippen LogP contribution in [-0.2, 0) is 19.7 Å². The molecule has 3 amide bonds. The topological polar surface area (TPSA) is 134 Å². The third-order valence-electron chi connectivity index (χ3n) is 5.69. The molecule has 12 heteroatoms. The van der Waals surface area contributed by atoms with Crippen LogP contribution in [0.2, 0.25) is 0 Å². The number of benzene rings is 1. The van der Waals surface area contributed by atoms with Crippen molar-refractivity contribution in [1.82, 2.24) is 15.2 Å². The molecule has 3 rings (SSSR count). The number of rotatable bonds is 13. The molecule has 0 saturated carbocycles. The Kier molecular flexibility index (Phi) is 10.3. The highest BCUT2D eigenvalue weighted by molar-refractivity contribution is 8.76. The summed E-state index contributed by atoms with van der Waals surface area (Å²) in [4.78, 5) is 41.6. The molecule has 1 aromatic carbocycles. The van der Waals surface area contributed by atoms with Crippen molar-refractivity contribution in [3.8, 4) is 0 Å². The van der Waals surface area contributed by atoms with Crippen molar-refractivity contribution >= 4 is 49.4 Å². The number of aromatic nitrogens is 1. The average Bonchev–Trinajstić information content (AvgIpc) is 3.19. The van der Waals surface area contributed by atoms with E-state index < -0.39 is 27.3 Å². The zero-order valence-electron chi connectivity index (χ0n) is 19.8. The highest BCUT2D eigenvalue weighted by Crippen LogP contribution is 2.42. The lowest BCUT2D eigenvalue weighted by molar-refractivity contribution is -0.139. The average molecular weight is 552 g/mol. The van der Waals surface area contributed by atoms with Gasteiger partial charge in [0.1, 0.15) is 5.03 Å². The summed E-state index contributed by atoms with van der Waals surface area (Å²) in [5.74, 6) is -1.36. The fraction of sp³-hybridized carbons (Fsp3) is 0.417. The smallest absolute Gasteiger partial charge is 0.286 e. The van der Waals surface area contributed by atoms with E-state index in [2.05, 4.69) is 10.3 Å². The van der Waals surface area contributed by atoms with Crippen LogP contribution in [0.15, 0.2) is 53.7 Å². The summed E-state index contributed by atoms with van der Waals surface area (Å²) >= 11 is 0. The number of hydrogen-bond donors (Lipinski definition) is 2. The monoisotopic (exact) mass is 551 g/mol. The maximum absolute atomic E-state index is 12.8. The highest BCUT2D eigenvalue weighted by atomic mass is 33.1. The Balaban J connectivity index is 1.46. The number of amides is 3. The molecule has 2 unspecified atom stereocenters. The van der Waals surface area contributed by atoms with E-state index in [1.54, 1.807) is 33.9 Å². The summed E-state index contributed by atoms with van der Waals surface area (Å²) in [6.45, 7) is 2.42. The van der Waals surface area contributed by atoms with E-state index in [0.29, 0.717) is 36.3 Å². The molecule has 1 aliphatic rings. The predicted octanol–water partition coefficient (Wildman–Crippen LogP) is 4.24. The van der Waals surface area contributed by atoms with E-state index in [1.165, 1.54) is 0 Å². The zero-order valence-corrected chi connectivity index (χ0v) is 22.3. The van der Waals surface area contributed by atoms with Crippen LogP contribution < -0.4 is 5.32 Å². The molecule has 1 saturated heterocycles. The highest BCUT2D eigenvalue weighted by Gasteiger charge is 2.40. The minimum absolute atomic E-state index is 0.0443. The van der Waals surface area contributed by atoms with Gasteiger partial charge in [-0.3, -0.25) is 23.8 Å². The van der Waals surface area contributed by atoms with Crippen molar-refractivity contribution in [2.45, 2.75) is 61.1 Å². The number of imide groups is 1. The van der Waals surface area contributed by atoms with Crippen LogP contribution >= 0.6 is 21.6 Å². The maximum Gasteiger partial charge on any atom is 0.286 e. The fourth-order valence-electron chi connectivity index (χ4n) is 3.87. The summed E-state index contributed by atoms with van der Waals surface area (Å²) in [6.07, 6.45) is 3.10. The number of pyridine rings is 1. The Labute approximate surface area is 219 Å². The van der Waals surface area contributed by atoms with Crippen LogP contribution in [0.1, 0.15) is 66.6 Å². The molecular formula is C24H29N3O6S3. The number of hydrogen-bond acceptors (Lipinski definition) is 8. The van der Waals surface area contributed by atoms with Gasteiger partial charge >= 0.3 is 0 Å². The van der Waals surface area contributed by atoms with Crippen LogP contribution in [-0.4, -0.2) is 52.5 Å². The molecule has 0 bridgehead atoms. The van der Waals surface area contributed by atoms with Crippen molar-refractivity contribution in [3.05, 3.63) is 59.8 Å². The number of likely N-dealkylation sites (tertiary alicyclic amines) is 1. The van der Waals surface area contributed by atoms with Gasteiger partial charge < -0.3 is 5.32 Å². The first-order chi connectivity index (χ1) is 17.2. The molecule has 1 fully saturated rings. The summed E-state index contributed by atoms with van der Waals surface area (Å²) in [7, 11) is -1.42. The lowest BCUT2D eigenvalue weighted by atomic mass is 10.0. The van der Waals surface area contributed by atoms with Gasteiger partial charge in [-0.15, -0.1) is 0 Å². The molecule has 0 spiro atoms. The van der Waals surface area contributed by atoms with E-state index in [9.17, 15) is 27.4 Å². The van der Waals surface area contributed by atoms with E-state index in [4.69, 9.17) is 0 Å². The Bertz CT molecular complexity index is 1160. The molecule has 194 valence electrons. The molecule has 2 N–H and O–H groups in total. The fourth-order valence-corrected chi connectivity index (χ4v) is 6.96. The van der Waals surface area contributed by atoms with Gasteiger partial charge in [-0.1, -0.05) is 47.9 Å². The van der Waals surface area contributed by atoms with Crippen molar-refractivity contribution in [1.29, 1.82) is 0 Å². The second-order valence-corrected chi connectivity index (χ2v) is 12.4. The van der Waals surface area contributed by atoms with Gasteiger partial charge in [0, 0.05) is 36.4 Å². The van der Waals surface area contributed by atoms with E-state index in [-0.39, 0.29) is 30.4 Å². The summed E-state index contributed by atoms with van der Waals surface area (Å²) in [5, 5.41) is 2.29. The first kappa shape index (κ1) is 28.2. The minimum Gasteiger partial charge on any atom is -0.352 e. The van der Waals surface area contributed by atoms with Gasteiger partial charge in [0.2, 0.25) is 11.8 Å². The van der Waals surface area contributed by atoms with Gasteiger partial charge in [-0.05, 0) is 54.3 Å². The third kappa shape index (κ3) is 7.79. The quantitative estimate of drug-likeness (QED) is 0.162. The van der Waals surface area contributed by atoms with Crippen LogP contribution in [0.3, 0.4) is 0 Å². The zero-order chi connectivity index (χ0) is 26.1. The molecule has 2 heterocycles. The molecule has 1 aliphatic heterocycles. The van der Waals surface area contributed by atoms with Crippen LogP contribution in [0.5, 0.6) is 0 Å². The summed E-state index contributed by atoms with van der Waals surface area (Å²) in [6, 6.07) is 13.2. The Morgan fingerprint density at radius 3 is 2.44 bits per heavy atom. The number of nitrogens with zero attached hydrogens (tertiary/aromatic N) is 2. The molecule has 2 aromatic rings. The Hall–Kier alpha value is -2.41. The van der Waals surface area contributed by atoms with Gasteiger partial charge in [-0.25, -0.2) is 4.98 Å². The molecule has 36 heavy (non-hydrogen) atoms. The number of unbranched alkanes of at least 4 members (excludes halogenated alkanes) is 2. The standard InChI is InChI=1S/C24H29N3O6S3/c1-17(34-35-20-11-6-8-15-25-20)18-9-4-5-10-19(18)24(30)26-16-7-2-3-12-23(36(31,32)33)27-21(28)13-14-22(27)29/h4-6,8-11,15,17,23H,2-3,7,12-14,16H2,1H3,(H,26,30)(H,31,32,33). The molecule has 0 radical (unpaired) electrons. The Morgan fingerprint density at radius 2 is 1.78 bits per heavy atom. The second kappa shape index (κ2) is 13.2. The SMILES string of the molecule is CC(SSc1ccccn1)c1ccccc1C(=O)NCCCCCC(N1C(=O)CCC1=O)S(=O)(=O)O. The summed E-state index contributed by atoms with van der Waals surface area (Å²) < 4.78 is 33.0. The third-order valence-corrected chi connectivity index (χ3v) is 9.55. The first-order valence-electron chi connectivity index (χ1n) is 11.6. The normalized spacial score (nSPS) is 15.7. The molecular weight excluding hydrogens is 522 g/mol. The van der Waals surface area contributed by atoms with Gasteiger partial charge in [0.25, 0.3) is 16.0 Å². The van der Waals surface area contributed by atoms with E-state index >= 15 is 0 Å². The lowest BCUT2D eigenvalue weighted by Crippen LogP contribution is -2.44. The van der Waals surface area contributed by atoms with E-state index in [0.717, 1.165) is 10.6 Å². The van der Waals surface area contributed by atoms with Gasteiger partial charge in [-0.2, -0.15) is 8.42 Å². The number of carbonyl (C=O) groups is 3. The first-order valence-corrected chi connectivity index (χ1v) is 15.3. The maximum atomic E-state index is 12.8. The van der Waals surface area contributed by atoms with Crippen molar-refractivity contribution < 1.29 is 27.4 Å². The van der Waals surface area contributed by atoms with Crippen LogP contribution in [0, 0.1) is 0 Å². The molecule has 9 nitrogen and oxygen atoms in total. The van der Waals surface area contributed by atoms with Gasteiger partial charge in [0.15, 0.2) is 5.37 Å². The predicted molar refractivity (Wildman–Crippen MR) is 140 cm³/mol. The largest absolute Gasteiger partial charge is 0.352 e. The Morgan fingerprint density at radius 1 is 1.08 bits per heavy atom. The molecule has 0 aliphatic carbocycles. The second-order valence-electron chi connectivity index (χ2n) is 8.31. The number of carbonyl (C=O) groups excluding carboxylic acids is 3. The summed E-state index contributed by atoms with van der Waals surface area (Å²) in [5.41, 5.74) is 1.51.